The summed E-state index contributed by atoms with van der Waals surface area (Å²) in [4.78, 5) is 0. The van der Waals surface area contributed by atoms with Crippen LogP contribution in [0, 0.1) is 5.82 Å². The molecule has 1 aliphatic heterocycles. The summed E-state index contributed by atoms with van der Waals surface area (Å²) in [5.41, 5.74) is 0.814. The van der Waals surface area contributed by atoms with E-state index in [9.17, 15) is 12.8 Å². The van der Waals surface area contributed by atoms with E-state index in [4.69, 9.17) is 0 Å². The Bertz CT molecular complexity index is 571. The van der Waals surface area contributed by atoms with Gasteiger partial charge in [-0.15, -0.1) is 0 Å². The van der Waals surface area contributed by atoms with Gasteiger partial charge in [-0.2, -0.15) is 0 Å². The molecule has 21 heavy (non-hydrogen) atoms. The van der Waals surface area contributed by atoms with Crippen molar-refractivity contribution in [2.75, 3.05) is 12.3 Å². The highest BCUT2D eigenvalue weighted by molar-refractivity contribution is 9.10. The molecule has 0 radical (unpaired) electrons. The predicted octanol–water partition coefficient (Wildman–Crippen LogP) is 3.08. The van der Waals surface area contributed by atoms with E-state index in [2.05, 4.69) is 21.2 Å². The minimum Gasteiger partial charge on any atom is -0.313 e. The molecule has 1 fully saturated rings. The van der Waals surface area contributed by atoms with E-state index in [1.54, 1.807) is 0 Å². The fourth-order valence-electron chi connectivity index (χ4n) is 3.01. The third kappa shape index (κ3) is 4.50. The Hall–Kier alpha value is -0.460. The molecule has 2 atom stereocenters. The largest absolute Gasteiger partial charge is 0.313 e. The summed E-state index contributed by atoms with van der Waals surface area (Å²) < 4.78 is 38.8. The van der Waals surface area contributed by atoms with Gasteiger partial charge in [0, 0.05) is 10.5 Å². The van der Waals surface area contributed by atoms with Crippen LogP contribution in [-0.4, -0.2) is 32.0 Å². The average Bonchev–Trinajstić information content (AvgIpc) is 2.36. The standard InChI is InChI=1S/C15H21BrFNO2S/c1-2-18-14(15-5-3-4-6-21(15,19)20)9-11-7-12(16)10-13(17)8-11/h7-8,10,14-15,18H,2-6,9H2,1H3. The fraction of sp³-hybridized carbons (Fsp3) is 0.600. The summed E-state index contributed by atoms with van der Waals surface area (Å²) in [6, 6.07) is 4.57. The summed E-state index contributed by atoms with van der Waals surface area (Å²) >= 11 is 3.28. The Labute approximate surface area is 134 Å². The Morgan fingerprint density at radius 3 is 2.76 bits per heavy atom. The Morgan fingerprint density at radius 2 is 2.14 bits per heavy atom. The first kappa shape index (κ1) is 16.9. The first-order valence-electron chi connectivity index (χ1n) is 7.32. The van der Waals surface area contributed by atoms with Crippen molar-refractivity contribution in [1.29, 1.82) is 0 Å². The van der Waals surface area contributed by atoms with Crippen LogP contribution in [0.2, 0.25) is 0 Å². The molecule has 0 amide bonds. The summed E-state index contributed by atoms with van der Waals surface area (Å²) in [6.07, 6.45) is 2.91. The lowest BCUT2D eigenvalue weighted by Crippen LogP contribution is -2.47. The van der Waals surface area contributed by atoms with Gasteiger partial charge in [0.15, 0.2) is 9.84 Å². The molecule has 2 rings (SSSR count). The monoisotopic (exact) mass is 377 g/mol. The number of hydrogen-bond acceptors (Lipinski definition) is 3. The second-order valence-corrected chi connectivity index (χ2v) is 8.80. The van der Waals surface area contributed by atoms with Gasteiger partial charge in [0.2, 0.25) is 0 Å². The molecule has 118 valence electrons. The van der Waals surface area contributed by atoms with Gasteiger partial charge in [-0.05, 0) is 49.6 Å². The predicted molar refractivity (Wildman–Crippen MR) is 86.7 cm³/mol. The van der Waals surface area contributed by atoms with Crippen LogP contribution in [0.15, 0.2) is 22.7 Å². The molecule has 1 saturated heterocycles. The molecule has 1 N–H and O–H groups in total. The van der Waals surface area contributed by atoms with E-state index in [1.165, 1.54) is 12.1 Å². The van der Waals surface area contributed by atoms with E-state index in [-0.39, 0.29) is 22.9 Å². The minimum atomic E-state index is -3.05. The molecule has 0 saturated carbocycles. The van der Waals surface area contributed by atoms with Crippen LogP contribution in [-0.2, 0) is 16.3 Å². The number of rotatable bonds is 5. The molecular formula is C15H21BrFNO2S. The minimum absolute atomic E-state index is 0.158. The summed E-state index contributed by atoms with van der Waals surface area (Å²) in [6.45, 7) is 2.66. The van der Waals surface area contributed by atoms with Crippen molar-refractivity contribution in [3.05, 3.63) is 34.1 Å². The Balaban J connectivity index is 2.22. The number of benzene rings is 1. The Morgan fingerprint density at radius 1 is 1.38 bits per heavy atom. The highest BCUT2D eigenvalue weighted by atomic mass is 79.9. The van der Waals surface area contributed by atoms with Gasteiger partial charge in [0.1, 0.15) is 5.82 Å². The van der Waals surface area contributed by atoms with Crippen molar-refractivity contribution >= 4 is 25.8 Å². The van der Waals surface area contributed by atoms with Gasteiger partial charge < -0.3 is 5.32 Å². The van der Waals surface area contributed by atoms with Crippen LogP contribution < -0.4 is 5.32 Å². The third-order valence-corrected chi connectivity index (χ3v) is 6.72. The van der Waals surface area contributed by atoms with Crippen LogP contribution in [0.1, 0.15) is 31.7 Å². The zero-order valence-electron chi connectivity index (χ0n) is 12.1. The van der Waals surface area contributed by atoms with Crippen LogP contribution in [0.25, 0.3) is 0 Å². The first-order chi connectivity index (χ1) is 9.92. The maximum Gasteiger partial charge on any atom is 0.154 e. The van der Waals surface area contributed by atoms with Crippen molar-refractivity contribution in [2.24, 2.45) is 0 Å². The first-order valence-corrected chi connectivity index (χ1v) is 9.83. The van der Waals surface area contributed by atoms with Crippen LogP contribution in [0.4, 0.5) is 4.39 Å². The van der Waals surface area contributed by atoms with Crippen molar-refractivity contribution < 1.29 is 12.8 Å². The topological polar surface area (TPSA) is 46.2 Å². The number of likely N-dealkylation sites (N-methyl/N-ethyl adjacent to an activating group) is 1. The second-order valence-electron chi connectivity index (χ2n) is 5.55. The lowest BCUT2D eigenvalue weighted by molar-refractivity contribution is 0.440. The van der Waals surface area contributed by atoms with Crippen LogP contribution in [0.5, 0.6) is 0 Å². The summed E-state index contributed by atoms with van der Waals surface area (Å²) in [7, 11) is -3.05. The lowest BCUT2D eigenvalue weighted by Gasteiger charge is -2.30. The maximum absolute atomic E-state index is 13.5. The van der Waals surface area contributed by atoms with Gasteiger partial charge in [-0.25, -0.2) is 12.8 Å². The van der Waals surface area contributed by atoms with Crippen molar-refractivity contribution in [2.45, 2.75) is 43.9 Å². The molecule has 0 aliphatic carbocycles. The molecule has 6 heteroatoms. The third-order valence-electron chi connectivity index (χ3n) is 3.92. The fourth-order valence-corrected chi connectivity index (χ4v) is 5.65. The molecular weight excluding hydrogens is 357 g/mol. The SMILES string of the molecule is CCNC(Cc1cc(F)cc(Br)c1)C1CCCCS1(=O)=O. The molecule has 0 bridgehead atoms. The smallest absolute Gasteiger partial charge is 0.154 e. The van der Waals surface area contributed by atoms with Crippen LogP contribution >= 0.6 is 15.9 Å². The van der Waals surface area contributed by atoms with Gasteiger partial charge in [-0.3, -0.25) is 0 Å². The molecule has 1 aromatic rings. The number of hydrogen-bond donors (Lipinski definition) is 1. The Kier molecular flexibility index (Phi) is 5.80. The summed E-state index contributed by atoms with van der Waals surface area (Å²) in [5, 5.41) is 2.91. The van der Waals surface area contributed by atoms with Gasteiger partial charge >= 0.3 is 0 Å². The number of nitrogens with one attached hydrogen (secondary N) is 1. The molecule has 2 unspecified atom stereocenters. The van der Waals surface area contributed by atoms with Crippen molar-refractivity contribution in [3.63, 3.8) is 0 Å². The van der Waals surface area contributed by atoms with E-state index in [0.717, 1.165) is 18.4 Å². The van der Waals surface area contributed by atoms with Crippen LogP contribution in [0.3, 0.4) is 0 Å². The normalized spacial score (nSPS) is 22.9. The zero-order chi connectivity index (χ0) is 15.5. The van der Waals surface area contributed by atoms with Crippen molar-refractivity contribution in [3.8, 4) is 0 Å². The number of halogens is 2. The molecule has 1 aromatic carbocycles. The van der Waals surface area contributed by atoms with Gasteiger partial charge in [0.05, 0.1) is 11.0 Å². The maximum atomic E-state index is 13.5. The molecule has 1 aliphatic rings. The quantitative estimate of drug-likeness (QED) is 0.857. The zero-order valence-corrected chi connectivity index (χ0v) is 14.5. The molecule has 0 aromatic heterocycles. The van der Waals surface area contributed by atoms with Crippen molar-refractivity contribution in [1.82, 2.24) is 5.32 Å². The highest BCUT2D eigenvalue weighted by Crippen LogP contribution is 2.25. The second kappa shape index (κ2) is 7.20. The average molecular weight is 378 g/mol. The van der Waals surface area contributed by atoms with E-state index in [1.807, 2.05) is 13.0 Å². The van der Waals surface area contributed by atoms with E-state index < -0.39 is 9.84 Å². The summed E-state index contributed by atoms with van der Waals surface area (Å²) in [5.74, 6) is -0.0343. The molecule has 0 spiro atoms. The highest BCUT2D eigenvalue weighted by Gasteiger charge is 2.35. The number of sulfone groups is 1. The van der Waals surface area contributed by atoms with Gasteiger partial charge in [0.25, 0.3) is 0 Å². The lowest BCUT2D eigenvalue weighted by atomic mass is 9.99. The molecule has 3 nitrogen and oxygen atoms in total. The van der Waals surface area contributed by atoms with Gasteiger partial charge in [-0.1, -0.05) is 29.3 Å². The van der Waals surface area contributed by atoms with E-state index in [0.29, 0.717) is 23.9 Å². The molecule has 1 heterocycles. The van der Waals surface area contributed by atoms with E-state index >= 15 is 0 Å².